The Balaban J connectivity index is 2.25. The molecule has 0 amide bonds. The first-order valence-corrected chi connectivity index (χ1v) is 6.87. The third kappa shape index (κ3) is 7.30. The molecule has 0 saturated heterocycles. The number of aromatic nitrogens is 2. The summed E-state index contributed by atoms with van der Waals surface area (Å²) >= 11 is 5.91. The molecule has 0 saturated carbocycles. The van der Waals surface area contributed by atoms with Gasteiger partial charge >= 0.3 is 0 Å². The average Bonchev–Trinajstić information content (AvgIpc) is 2.37. The smallest absolute Gasteiger partial charge is 0.218 e. The van der Waals surface area contributed by atoms with Gasteiger partial charge in [0, 0.05) is 32.8 Å². The van der Waals surface area contributed by atoms with Gasteiger partial charge in [0.2, 0.25) is 5.88 Å². The molecule has 5 nitrogen and oxygen atoms in total. The van der Waals surface area contributed by atoms with Crippen molar-refractivity contribution in [1.82, 2.24) is 9.97 Å². The highest BCUT2D eigenvalue weighted by molar-refractivity contribution is 6.29. The van der Waals surface area contributed by atoms with Crippen LogP contribution >= 0.6 is 11.6 Å². The Kier molecular flexibility index (Phi) is 8.45. The molecule has 1 aromatic rings. The number of aryl methyl sites for hydroxylation is 1. The summed E-state index contributed by atoms with van der Waals surface area (Å²) in [7, 11) is 1.68. The van der Waals surface area contributed by atoms with Crippen LogP contribution in [0.2, 0.25) is 5.15 Å². The lowest BCUT2D eigenvalue weighted by molar-refractivity contribution is 0.0794. The molecule has 0 N–H and O–H groups in total. The first kappa shape index (κ1) is 16.1. The maximum Gasteiger partial charge on any atom is 0.218 e. The Hall–Kier alpha value is -0.910. The maximum absolute atomic E-state index is 5.91. The van der Waals surface area contributed by atoms with E-state index in [1.165, 1.54) is 0 Å². The molecule has 0 atom stereocenters. The van der Waals surface area contributed by atoms with E-state index in [4.69, 9.17) is 25.8 Å². The molecule has 1 heterocycles. The summed E-state index contributed by atoms with van der Waals surface area (Å²) in [6.07, 6.45) is 2.66. The predicted molar refractivity (Wildman–Crippen MR) is 73.8 cm³/mol. The number of methoxy groups -OCH3 is 1. The quantitative estimate of drug-likeness (QED) is 0.489. The Labute approximate surface area is 119 Å². The molecule has 19 heavy (non-hydrogen) atoms. The van der Waals surface area contributed by atoms with Gasteiger partial charge in [-0.25, -0.2) is 4.98 Å². The Morgan fingerprint density at radius 2 is 2.00 bits per heavy atom. The second-order valence-corrected chi connectivity index (χ2v) is 4.39. The summed E-state index contributed by atoms with van der Waals surface area (Å²) in [6.45, 7) is 4.42. The summed E-state index contributed by atoms with van der Waals surface area (Å²) in [5.41, 5.74) is 0. The standard InChI is InChI=1S/C13H21ClN2O3/c1-3-5-12-15-11(14)10-13(16-12)19-9-8-18-7-4-6-17-2/h10H,3-9H2,1-2H3. The molecule has 0 aliphatic heterocycles. The zero-order valence-corrected chi connectivity index (χ0v) is 12.3. The van der Waals surface area contributed by atoms with Crippen LogP contribution in [0.3, 0.4) is 0 Å². The molecule has 0 aliphatic rings. The number of ether oxygens (including phenoxy) is 3. The third-order valence-corrected chi connectivity index (χ3v) is 2.50. The summed E-state index contributed by atoms with van der Waals surface area (Å²) < 4.78 is 15.8. The summed E-state index contributed by atoms with van der Waals surface area (Å²) in [4.78, 5) is 8.41. The van der Waals surface area contributed by atoms with Crippen LogP contribution in [0.4, 0.5) is 0 Å². The van der Waals surface area contributed by atoms with Crippen LogP contribution in [0.25, 0.3) is 0 Å². The molecule has 0 radical (unpaired) electrons. The minimum absolute atomic E-state index is 0.412. The molecular weight excluding hydrogens is 268 g/mol. The summed E-state index contributed by atoms with van der Waals surface area (Å²) in [6, 6.07) is 1.62. The van der Waals surface area contributed by atoms with E-state index in [0.29, 0.717) is 43.3 Å². The minimum atomic E-state index is 0.412. The van der Waals surface area contributed by atoms with Crippen LogP contribution in [-0.2, 0) is 15.9 Å². The van der Waals surface area contributed by atoms with Gasteiger partial charge in [0.05, 0.1) is 6.61 Å². The maximum atomic E-state index is 5.91. The van der Waals surface area contributed by atoms with Crippen molar-refractivity contribution in [2.75, 3.05) is 33.5 Å². The second kappa shape index (κ2) is 9.95. The highest BCUT2D eigenvalue weighted by Crippen LogP contribution is 2.14. The van der Waals surface area contributed by atoms with Crippen LogP contribution in [0.15, 0.2) is 6.07 Å². The molecule has 0 aromatic carbocycles. The number of hydrogen-bond donors (Lipinski definition) is 0. The highest BCUT2D eigenvalue weighted by atomic mass is 35.5. The predicted octanol–water partition coefficient (Wildman–Crippen LogP) is 2.51. The number of rotatable bonds is 10. The van der Waals surface area contributed by atoms with Gasteiger partial charge in [0.25, 0.3) is 0 Å². The van der Waals surface area contributed by atoms with E-state index in [1.54, 1.807) is 13.2 Å². The van der Waals surface area contributed by atoms with Crippen LogP contribution in [-0.4, -0.2) is 43.5 Å². The van der Waals surface area contributed by atoms with Crippen LogP contribution < -0.4 is 4.74 Å². The van der Waals surface area contributed by atoms with Gasteiger partial charge in [-0.15, -0.1) is 0 Å². The van der Waals surface area contributed by atoms with E-state index in [0.717, 1.165) is 19.3 Å². The van der Waals surface area contributed by atoms with E-state index in [-0.39, 0.29) is 0 Å². The minimum Gasteiger partial charge on any atom is -0.475 e. The summed E-state index contributed by atoms with van der Waals surface area (Å²) in [5.74, 6) is 1.22. The van der Waals surface area contributed by atoms with Crippen molar-refractivity contribution in [2.24, 2.45) is 0 Å². The summed E-state index contributed by atoms with van der Waals surface area (Å²) in [5, 5.41) is 0.412. The van der Waals surface area contributed by atoms with Crippen molar-refractivity contribution in [3.8, 4) is 5.88 Å². The Morgan fingerprint density at radius 1 is 1.16 bits per heavy atom. The molecule has 0 bridgehead atoms. The fourth-order valence-electron chi connectivity index (χ4n) is 1.46. The van der Waals surface area contributed by atoms with E-state index in [9.17, 15) is 0 Å². The number of hydrogen-bond acceptors (Lipinski definition) is 5. The number of halogens is 1. The lowest BCUT2D eigenvalue weighted by Crippen LogP contribution is -2.10. The van der Waals surface area contributed by atoms with Crippen molar-refractivity contribution >= 4 is 11.6 Å². The van der Waals surface area contributed by atoms with E-state index >= 15 is 0 Å². The van der Waals surface area contributed by atoms with Crippen LogP contribution in [0.1, 0.15) is 25.6 Å². The average molecular weight is 289 g/mol. The topological polar surface area (TPSA) is 53.5 Å². The molecular formula is C13H21ClN2O3. The van der Waals surface area contributed by atoms with Gasteiger partial charge in [-0.1, -0.05) is 18.5 Å². The lowest BCUT2D eigenvalue weighted by Gasteiger charge is -2.07. The van der Waals surface area contributed by atoms with Crippen LogP contribution in [0, 0.1) is 0 Å². The SMILES string of the molecule is CCCc1nc(Cl)cc(OCCOCCCOC)n1. The molecule has 0 spiro atoms. The Bertz CT molecular complexity index is 364. The molecule has 108 valence electrons. The first-order valence-electron chi connectivity index (χ1n) is 6.49. The number of nitrogens with zero attached hydrogens (tertiary/aromatic N) is 2. The van der Waals surface area contributed by atoms with Gasteiger partial charge in [-0.3, -0.25) is 0 Å². The zero-order chi connectivity index (χ0) is 13.9. The van der Waals surface area contributed by atoms with Gasteiger partial charge in [0.1, 0.15) is 17.6 Å². The van der Waals surface area contributed by atoms with Crippen molar-refractivity contribution < 1.29 is 14.2 Å². The van der Waals surface area contributed by atoms with Gasteiger partial charge < -0.3 is 14.2 Å². The largest absolute Gasteiger partial charge is 0.475 e. The van der Waals surface area contributed by atoms with E-state index < -0.39 is 0 Å². The van der Waals surface area contributed by atoms with E-state index in [1.807, 2.05) is 0 Å². The fourth-order valence-corrected chi connectivity index (χ4v) is 1.65. The van der Waals surface area contributed by atoms with Crippen molar-refractivity contribution in [1.29, 1.82) is 0 Å². The molecule has 6 heteroatoms. The van der Waals surface area contributed by atoms with Gasteiger partial charge in [-0.2, -0.15) is 4.98 Å². The van der Waals surface area contributed by atoms with E-state index in [2.05, 4.69) is 16.9 Å². The molecule has 0 unspecified atom stereocenters. The monoisotopic (exact) mass is 288 g/mol. The Morgan fingerprint density at radius 3 is 2.74 bits per heavy atom. The lowest BCUT2D eigenvalue weighted by atomic mass is 10.3. The van der Waals surface area contributed by atoms with Crippen molar-refractivity contribution in [3.05, 3.63) is 17.0 Å². The zero-order valence-electron chi connectivity index (χ0n) is 11.5. The fraction of sp³-hybridized carbons (Fsp3) is 0.692. The van der Waals surface area contributed by atoms with Crippen molar-refractivity contribution in [3.63, 3.8) is 0 Å². The molecule has 0 aliphatic carbocycles. The molecule has 0 fully saturated rings. The van der Waals surface area contributed by atoms with Gasteiger partial charge in [0.15, 0.2) is 0 Å². The molecule has 1 aromatic heterocycles. The second-order valence-electron chi connectivity index (χ2n) is 4.00. The van der Waals surface area contributed by atoms with Gasteiger partial charge in [-0.05, 0) is 12.8 Å². The highest BCUT2D eigenvalue weighted by Gasteiger charge is 2.03. The van der Waals surface area contributed by atoms with Crippen LogP contribution in [0.5, 0.6) is 5.88 Å². The third-order valence-electron chi connectivity index (χ3n) is 2.31. The molecule has 1 rings (SSSR count). The normalized spacial score (nSPS) is 10.7. The first-order chi connectivity index (χ1) is 9.26. The van der Waals surface area contributed by atoms with Crippen molar-refractivity contribution in [2.45, 2.75) is 26.2 Å².